The molecule has 63 heavy (non-hydrogen) atoms. The Morgan fingerprint density at radius 1 is 0.810 bits per heavy atom. The largest absolute Gasteiger partial charge is 0.497 e. The predicted octanol–water partition coefficient (Wildman–Crippen LogP) is 11.2. The number of benzene rings is 3. The summed E-state index contributed by atoms with van der Waals surface area (Å²) >= 11 is 1.53. The Labute approximate surface area is 380 Å². The second-order valence-corrected chi connectivity index (χ2v) is 20.1. The number of carbonyl (C=O) groups is 3. The van der Waals surface area contributed by atoms with Crippen LogP contribution in [0.2, 0.25) is 0 Å². The monoisotopic (exact) mass is 903 g/mol. The number of unbranched alkanes of at least 4 members (excludes halogenated alkanes) is 15. The van der Waals surface area contributed by atoms with Gasteiger partial charge >= 0.3 is 6.03 Å². The van der Waals surface area contributed by atoms with Gasteiger partial charge in [-0.3, -0.25) is 13.9 Å². The summed E-state index contributed by atoms with van der Waals surface area (Å²) in [5, 5.41) is 5.67. The quantitative estimate of drug-likeness (QED) is 0.0416. The number of para-hydroxylation sites is 1. The number of rotatable bonds is 28. The molecule has 1 atom stereocenters. The van der Waals surface area contributed by atoms with Gasteiger partial charge in [-0.25, -0.2) is 23.1 Å². The van der Waals surface area contributed by atoms with Crippen molar-refractivity contribution in [3.05, 3.63) is 72.3 Å². The van der Waals surface area contributed by atoms with Crippen LogP contribution in [0.3, 0.4) is 0 Å². The molecule has 0 saturated carbocycles. The van der Waals surface area contributed by atoms with Gasteiger partial charge < -0.3 is 20.1 Å². The molecule has 3 aromatic carbocycles. The molecule has 1 saturated heterocycles. The molecule has 0 bridgehead atoms. The first-order valence-electron chi connectivity index (χ1n) is 23.0. The van der Waals surface area contributed by atoms with Crippen LogP contribution >= 0.6 is 11.8 Å². The van der Waals surface area contributed by atoms with Gasteiger partial charge in [-0.2, -0.15) is 0 Å². The fraction of sp³-hybridized carbons (Fsp3) is 0.551. The van der Waals surface area contributed by atoms with Gasteiger partial charge in [-0.1, -0.05) is 121 Å². The maximum atomic E-state index is 14.8. The number of nitrogens with one attached hydrogen (secondary N) is 2. The van der Waals surface area contributed by atoms with E-state index in [4.69, 9.17) is 14.5 Å². The first kappa shape index (κ1) is 49.5. The Balaban J connectivity index is 1.26. The van der Waals surface area contributed by atoms with Crippen LogP contribution < -0.4 is 20.1 Å². The van der Waals surface area contributed by atoms with E-state index < -0.39 is 39.4 Å². The summed E-state index contributed by atoms with van der Waals surface area (Å²) in [4.78, 5) is 48.9. The van der Waals surface area contributed by atoms with E-state index in [1.54, 1.807) is 39.2 Å². The predicted molar refractivity (Wildman–Crippen MR) is 254 cm³/mol. The zero-order valence-electron chi connectivity index (χ0n) is 38.1. The molecule has 14 heteroatoms. The first-order valence-corrected chi connectivity index (χ1v) is 25.5. The SMILES string of the molecule is CCCCCCCCCCCCCCCCCCN1C(C(C(=O)Nc2cc(C)ccc2SCCCOc2ccc(OC)cc2)N2C(=O)NC(C)(C)C2=O)=Nc2ccccc2S1(=O)=O. The highest BCUT2D eigenvalue weighted by molar-refractivity contribution is 7.99. The van der Waals surface area contributed by atoms with Gasteiger partial charge in [0, 0.05) is 17.2 Å². The van der Waals surface area contributed by atoms with Crippen molar-refractivity contribution < 1.29 is 32.3 Å². The average molecular weight is 904 g/mol. The molecule has 0 spiro atoms. The topological polar surface area (TPSA) is 147 Å². The van der Waals surface area contributed by atoms with E-state index in [1.807, 2.05) is 49.4 Å². The van der Waals surface area contributed by atoms with Crippen LogP contribution in [0.5, 0.6) is 11.5 Å². The molecule has 0 aromatic heterocycles. The lowest BCUT2D eigenvalue weighted by Crippen LogP contribution is -2.59. The molecule has 2 aliphatic rings. The molecular formula is C49H69N5O7S2. The minimum atomic E-state index is -4.22. The summed E-state index contributed by atoms with van der Waals surface area (Å²) in [6, 6.07) is 16.9. The van der Waals surface area contributed by atoms with Crippen LogP contribution in [0.4, 0.5) is 16.2 Å². The van der Waals surface area contributed by atoms with Gasteiger partial charge in [0.05, 0.1) is 25.1 Å². The van der Waals surface area contributed by atoms with E-state index in [2.05, 4.69) is 17.6 Å². The number of imide groups is 1. The molecule has 0 aliphatic carbocycles. The summed E-state index contributed by atoms with van der Waals surface area (Å²) in [6.07, 6.45) is 19.6. The Morgan fingerprint density at radius 2 is 1.40 bits per heavy atom. The minimum Gasteiger partial charge on any atom is -0.497 e. The zero-order valence-corrected chi connectivity index (χ0v) is 39.7. The van der Waals surface area contributed by atoms with E-state index in [0.717, 1.165) is 56.8 Å². The smallest absolute Gasteiger partial charge is 0.326 e. The molecule has 344 valence electrons. The number of amidine groups is 1. The number of hydrogen-bond donors (Lipinski definition) is 2. The highest BCUT2D eigenvalue weighted by Gasteiger charge is 2.53. The number of fused-ring (bicyclic) bond motifs is 1. The molecule has 3 aromatic rings. The third-order valence-corrected chi connectivity index (χ3v) is 14.6. The molecular weight excluding hydrogens is 835 g/mol. The van der Waals surface area contributed by atoms with Crippen molar-refractivity contribution in [1.82, 2.24) is 14.5 Å². The summed E-state index contributed by atoms with van der Waals surface area (Å²) in [6.45, 7) is 7.77. The maximum Gasteiger partial charge on any atom is 0.326 e. The zero-order chi connectivity index (χ0) is 45.2. The minimum absolute atomic E-state index is 0.00951. The summed E-state index contributed by atoms with van der Waals surface area (Å²) < 4.78 is 41.2. The standard InChI is InChI=1S/C49H69N5O7S2/c1-6-7-8-9-10-11-12-13-14-15-16-17-18-19-20-23-33-53-45(50-40-25-21-22-26-43(40)63(53,58)59)44(54-47(56)49(3,4)52-48(54)57)46(55)51-41-36-37(2)27-32-42(41)62-35-24-34-61-39-30-28-38(60-5)29-31-39/h21-22,25-32,36,44H,6-20,23-24,33-35H2,1-5H3,(H,51,55)(H,52,57). The lowest BCUT2D eigenvalue weighted by molar-refractivity contribution is -0.134. The van der Waals surface area contributed by atoms with Gasteiger partial charge in [0.2, 0.25) is 0 Å². The summed E-state index contributed by atoms with van der Waals surface area (Å²) in [5.41, 5.74) is 0.158. The molecule has 4 amide bonds. The van der Waals surface area contributed by atoms with Crippen LogP contribution in [0.25, 0.3) is 0 Å². The van der Waals surface area contributed by atoms with E-state index in [0.29, 0.717) is 30.9 Å². The van der Waals surface area contributed by atoms with E-state index >= 15 is 0 Å². The fourth-order valence-electron chi connectivity index (χ4n) is 7.95. The number of urea groups is 1. The van der Waals surface area contributed by atoms with Crippen LogP contribution in [0.15, 0.2) is 81.5 Å². The summed E-state index contributed by atoms with van der Waals surface area (Å²) in [7, 11) is -2.61. The lowest BCUT2D eigenvalue weighted by Gasteiger charge is -2.36. The number of methoxy groups -OCH3 is 1. The molecule has 1 fully saturated rings. The number of nitrogens with zero attached hydrogens (tertiary/aromatic N) is 3. The number of hydrogen-bond acceptors (Lipinski definition) is 9. The van der Waals surface area contributed by atoms with E-state index in [9.17, 15) is 22.8 Å². The normalized spacial score (nSPS) is 15.7. The molecule has 0 radical (unpaired) electrons. The molecule has 5 rings (SSSR count). The second-order valence-electron chi connectivity index (χ2n) is 17.2. The van der Waals surface area contributed by atoms with Crippen LogP contribution in [0, 0.1) is 6.92 Å². The van der Waals surface area contributed by atoms with E-state index in [1.165, 1.54) is 88.5 Å². The number of anilines is 1. The van der Waals surface area contributed by atoms with Crippen LogP contribution in [-0.4, -0.2) is 78.9 Å². The van der Waals surface area contributed by atoms with Crippen LogP contribution in [0.1, 0.15) is 135 Å². The van der Waals surface area contributed by atoms with Gasteiger partial charge in [-0.05, 0) is 87.7 Å². The Hall–Kier alpha value is -4.56. The third-order valence-electron chi connectivity index (χ3n) is 11.5. The van der Waals surface area contributed by atoms with Gasteiger partial charge in [0.1, 0.15) is 21.9 Å². The van der Waals surface area contributed by atoms with Crippen molar-refractivity contribution in [2.75, 3.05) is 31.3 Å². The number of aryl methyl sites for hydroxylation is 1. The average Bonchev–Trinajstić information content (AvgIpc) is 3.46. The lowest BCUT2D eigenvalue weighted by atomic mass is 10.0. The molecule has 1 unspecified atom stereocenters. The van der Waals surface area contributed by atoms with Gasteiger partial charge in [-0.15, -0.1) is 11.8 Å². The van der Waals surface area contributed by atoms with Crippen molar-refractivity contribution in [3.8, 4) is 11.5 Å². The van der Waals surface area contributed by atoms with Crippen molar-refractivity contribution in [3.63, 3.8) is 0 Å². The highest BCUT2D eigenvalue weighted by atomic mass is 32.2. The first-order chi connectivity index (χ1) is 30.4. The second kappa shape index (κ2) is 24.5. The van der Waals surface area contributed by atoms with Gasteiger partial charge in [0.15, 0.2) is 11.9 Å². The number of carbonyl (C=O) groups excluding carboxylic acids is 3. The summed E-state index contributed by atoms with van der Waals surface area (Å²) in [5.74, 6) is 0.546. The third kappa shape index (κ3) is 14.0. The number of aliphatic imine (C=N–C) groups is 1. The Kier molecular flexibility index (Phi) is 19.2. The number of thioether (sulfide) groups is 1. The Bertz CT molecular complexity index is 2110. The fourth-order valence-corrected chi connectivity index (χ4v) is 10.5. The highest BCUT2D eigenvalue weighted by Crippen LogP contribution is 2.36. The maximum absolute atomic E-state index is 14.8. The van der Waals surface area contributed by atoms with Crippen molar-refractivity contribution in [1.29, 1.82) is 0 Å². The van der Waals surface area contributed by atoms with Crippen molar-refractivity contribution in [2.24, 2.45) is 4.99 Å². The number of amides is 4. The van der Waals surface area contributed by atoms with Crippen molar-refractivity contribution in [2.45, 2.75) is 158 Å². The molecule has 2 N–H and O–H groups in total. The molecule has 2 aliphatic heterocycles. The van der Waals surface area contributed by atoms with Crippen LogP contribution in [-0.2, 0) is 19.6 Å². The van der Waals surface area contributed by atoms with E-state index in [-0.39, 0.29) is 23.0 Å². The Morgan fingerprint density at radius 3 is 1.98 bits per heavy atom. The van der Waals surface area contributed by atoms with Crippen molar-refractivity contribution >= 4 is 56.8 Å². The number of sulfonamides is 1. The number of ether oxygens (including phenoxy) is 2. The molecule has 12 nitrogen and oxygen atoms in total. The van der Waals surface area contributed by atoms with Gasteiger partial charge in [0.25, 0.3) is 21.8 Å². The molecule has 2 heterocycles.